The summed E-state index contributed by atoms with van der Waals surface area (Å²) in [6, 6.07) is 9.29. The zero-order valence-electron chi connectivity index (χ0n) is 16.5. The Morgan fingerprint density at radius 2 is 1.86 bits per heavy atom. The smallest absolute Gasteiger partial charge is 0.341 e. The fourth-order valence-electron chi connectivity index (χ4n) is 3.43. The molecule has 1 N–H and O–H groups in total. The molecule has 5 nitrogen and oxygen atoms in total. The van der Waals surface area contributed by atoms with E-state index in [0.29, 0.717) is 29.3 Å². The Kier molecular flexibility index (Phi) is 7.09. The van der Waals surface area contributed by atoms with Crippen molar-refractivity contribution >= 4 is 28.2 Å². The highest BCUT2D eigenvalue weighted by Gasteiger charge is 2.28. The van der Waals surface area contributed by atoms with Crippen molar-refractivity contribution in [2.45, 2.75) is 58.5 Å². The molecule has 1 aliphatic carbocycles. The number of anilines is 1. The quantitative estimate of drug-likeness (QED) is 0.524. The number of carbonyl (C=O) groups is 2. The number of esters is 1. The Balaban J connectivity index is 1.83. The highest BCUT2D eigenvalue weighted by atomic mass is 32.1. The monoisotopic (exact) mass is 401 g/mol. The normalized spacial score (nSPS) is 14.5. The predicted octanol–water partition coefficient (Wildman–Crippen LogP) is 4.99. The lowest BCUT2D eigenvalue weighted by Gasteiger charge is -2.17. The molecule has 3 rings (SSSR count). The Bertz CT molecular complexity index is 815. The average molecular weight is 402 g/mol. The van der Waals surface area contributed by atoms with Crippen LogP contribution in [0.25, 0.3) is 0 Å². The van der Waals surface area contributed by atoms with Gasteiger partial charge < -0.3 is 14.8 Å². The number of benzene rings is 1. The van der Waals surface area contributed by atoms with Crippen LogP contribution >= 0.6 is 11.3 Å². The van der Waals surface area contributed by atoms with Gasteiger partial charge in [-0.3, -0.25) is 4.79 Å². The number of amides is 1. The average Bonchev–Trinajstić information content (AvgIpc) is 2.87. The fourth-order valence-corrected chi connectivity index (χ4v) is 4.71. The highest BCUT2D eigenvalue weighted by Crippen LogP contribution is 2.38. The standard InChI is InChI=1S/C22H27NO4S/c1-3-17(27-15-11-7-5-8-12-15)20(24)23-21-19(22(25)26-4-2)16-13-9-6-10-14-18(16)28-21/h5,7-8,11-12,17H,3-4,6,9-10,13-14H2,1-2H3,(H,23,24). The lowest BCUT2D eigenvalue weighted by molar-refractivity contribution is -0.122. The molecule has 1 aliphatic rings. The molecule has 6 heteroatoms. The topological polar surface area (TPSA) is 64.6 Å². The molecule has 28 heavy (non-hydrogen) atoms. The van der Waals surface area contributed by atoms with Gasteiger partial charge in [0.05, 0.1) is 12.2 Å². The van der Waals surface area contributed by atoms with Crippen LogP contribution in [0.15, 0.2) is 30.3 Å². The summed E-state index contributed by atoms with van der Waals surface area (Å²) in [7, 11) is 0. The molecule has 1 aromatic carbocycles. The van der Waals surface area contributed by atoms with E-state index in [2.05, 4.69) is 5.32 Å². The molecule has 0 saturated carbocycles. The molecule has 0 saturated heterocycles. The molecule has 0 spiro atoms. The molecule has 1 heterocycles. The van der Waals surface area contributed by atoms with Crippen molar-refractivity contribution in [3.8, 4) is 5.75 Å². The van der Waals surface area contributed by atoms with Crippen LogP contribution in [0.2, 0.25) is 0 Å². The fraction of sp³-hybridized carbons (Fsp3) is 0.455. The zero-order valence-corrected chi connectivity index (χ0v) is 17.3. The summed E-state index contributed by atoms with van der Waals surface area (Å²) in [6.45, 7) is 4.01. The van der Waals surface area contributed by atoms with Crippen LogP contribution in [0.4, 0.5) is 5.00 Å². The Labute approximate surface area is 170 Å². The van der Waals surface area contributed by atoms with Crippen LogP contribution in [-0.4, -0.2) is 24.6 Å². The van der Waals surface area contributed by atoms with Crippen LogP contribution in [0.5, 0.6) is 5.75 Å². The molecule has 0 bridgehead atoms. The third-order valence-corrected chi connectivity index (χ3v) is 6.03. The molecule has 0 aliphatic heterocycles. The second kappa shape index (κ2) is 9.73. The number of carbonyl (C=O) groups excluding carboxylic acids is 2. The Morgan fingerprint density at radius 3 is 2.57 bits per heavy atom. The minimum Gasteiger partial charge on any atom is -0.481 e. The van der Waals surface area contributed by atoms with E-state index >= 15 is 0 Å². The first-order valence-corrected chi connectivity index (χ1v) is 10.8. The number of fused-ring (bicyclic) bond motifs is 1. The first kappa shape index (κ1) is 20.4. The van der Waals surface area contributed by atoms with Crippen molar-refractivity contribution in [2.24, 2.45) is 0 Å². The summed E-state index contributed by atoms with van der Waals surface area (Å²) in [5, 5.41) is 3.54. The summed E-state index contributed by atoms with van der Waals surface area (Å²) in [6.07, 6.45) is 5.03. The van der Waals surface area contributed by atoms with Gasteiger partial charge in [0.2, 0.25) is 0 Å². The van der Waals surface area contributed by atoms with Crippen LogP contribution in [-0.2, 0) is 22.4 Å². The summed E-state index contributed by atoms with van der Waals surface area (Å²) in [5.41, 5.74) is 1.58. The molecule has 2 aromatic rings. The number of hydrogen-bond donors (Lipinski definition) is 1. The molecular formula is C22H27NO4S. The van der Waals surface area contributed by atoms with Crippen LogP contribution in [0.3, 0.4) is 0 Å². The lowest BCUT2D eigenvalue weighted by Crippen LogP contribution is -2.32. The van der Waals surface area contributed by atoms with Gasteiger partial charge in [-0.05, 0) is 56.7 Å². The van der Waals surface area contributed by atoms with Crippen LogP contribution in [0, 0.1) is 0 Å². The van der Waals surface area contributed by atoms with Gasteiger partial charge in [0.25, 0.3) is 5.91 Å². The number of hydrogen-bond acceptors (Lipinski definition) is 5. The summed E-state index contributed by atoms with van der Waals surface area (Å²) >= 11 is 1.50. The maximum absolute atomic E-state index is 12.9. The van der Waals surface area contributed by atoms with Gasteiger partial charge in [-0.15, -0.1) is 11.3 Å². The van der Waals surface area contributed by atoms with Crippen molar-refractivity contribution < 1.29 is 19.1 Å². The first-order chi connectivity index (χ1) is 13.6. The minimum atomic E-state index is -0.626. The van der Waals surface area contributed by atoms with E-state index in [1.165, 1.54) is 16.2 Å². The molecule has 0 radical (unpaired) electrons. The second-order valence-corrected chi connectivity index (χ2v) is 7.91. The maximum atomic E-state index is 12.9. The summed E-state index contributed by atoms with van der Waals surface area (Å²) < 4.78 is 11.1. The van der Waals surface area contributed by atoms with E-state index in [9.17, 15) is 9.59 Å². The van der Waals surface area contributed by atoms with Gasteiger partial charge in [-0.25, -0.2) is 4.79 Å². The van der Waals surface area contributed by atoms with E-state index in [-0.39, 0.29) is 11.9 Å². The van der Waals surface area contributed by atoms with Crippen LogP contribution < -0.4 is 10.1 Å². The Hall–Kier alpha value is -2.34. The molecule has 1 unspecified atom stereocenters. The van der Waals surface area contributed by atoms with Crippen LogP contribution in [0.1, 0.15) is 60.3 Å². The molecule has 0 fully saturated rings. The molecule has 1 atom stereocenters. The SMILES string of the molecule is CCOC(=O)c1c(NC(=O)C(CC)Oc2ccccc2)sc2c1CCCCC2. The van der Waals surface area contributed by atoms with Gasteiger partial charge in [-0.1, -0.05) is 31.5 Å². The van der Waals surface area contributed by atoms with E-state index in [0.717, 1.165) is 37.7 Å². The van der Waals surface area contributed by atoms with E-state index < -0.39 is 6.10 Å². The van der Waals surface area contributed by atoms with E-state index in [1.54, 1.807) is 6.92 Å². The summed E-state index contributed by atoms with van der Waals surface area (Å²) in [5.74, 6) is 0.0552. The van der Waals surface area contributed by atoms with Crippen molar-refractivity contribution in [3.05, 3.63) is 46.3 Å². The van der Waals surface area contributed by atoms with Crippen molar-refractivity contribution in [1.82, 2.24) is 0 Å². The number of thiophene rings is 1. The Morgan fingerprint density at radius 1 is 1.11 bits per heavy atom. The minimum absolute atomic E-state index is 0.242. The van der Waals surface area contributed by atoms with Gasteiger partial charge in [-0.2, -0.15) is 0 Å². The predicted molar refractivity (Wildman–Crippen MR) is 111 cm³/mol. The molecule has 1 aromatic heterocycles. The number of nitrogens with one attached hydrogen (secondary N) is 1. The largest absolute Gasteiger partial charge is 0.481 e. The second-order valence-electron chi connectivity index (χ2n) is 6.81. The van der Waals surface area contributed by atoms with Gasteiger partial charge >= 0.3 is 5.97 Å². The van der Waals surface area contributed by atoms with E-state index in [4.69, 9.17) is 9.47 Å². The van der Waals surface area contributed by atoms with Gasteiger partial charge in [0.1, 0.15) is 10.8 Å². The first-order valence-electron chi connectivity index (χ1n) is 9.98. The summed E-state index contributed by atoms with van der Waals surface area (Å²) in [4.78, 5) is 26.7. The number of para-hydroxylation sites is 1. The maximum Gasteiger partial charge on any atom is 0.341 e. The van der Waals surface area contributed by atoms with Gasteiger partial charge in [0, 0.05) is 4.88 Å². The number of aryl methyl sites for hydroxylation is 1. The molecular weight excluding hydrogens is 374 g/mol. The zero-order chi connectivity index (χ0) is 19.9. The highest BCUT2D eigenvalue weighted by molar-refractivity contribution is 7.17. The van der Waals surface area contributed by atoms with Gasteiger partial charge in [0.15, 0.2) is 6.10 Å². The lowest BCUT2D eigenvalue weighted by atomic mass is 10.1. The van der Waals surface area contributed by atoms with Crippen molar-refractivity contribution in [3.63, 3.8) is 0 Å². The van der Waals surface area contributed by atoms with E-state index in [1.807, 2.05) is 37.3 Å². The van der Waals surface area contributed by atoms with Crippen molar-refractivity contribution in [2.75, 3.05) is 11.9 Å². The molecule has 1 amide bonds. The third-order valence-electron chi connectivity index (χ3n) is 4.82. The number of rotatable bonds is 7. The van der Waals surface area contributed by atoms with Crippen molar-refractivity contribution in [1.29, 1.82) is 0 Å². The molecule has 150 valence electrons. The third kappa shape index (κ3) is 4.73. The number of ether oxygens (including phenoxy) is 2.